The Labute approximate surface area is 208 Å². The lowest BCUT2D eigenvalue weighted by Gasteiger charge is -2.35. The Bertz CT molecular complexity index is 1170. The number of morpholine rings is 1. The number of hydrogen-bond donors (Lipinski definition) is 0. The third kappa shape index (κ3) is 5.22. The molecule has 1 aromatic heterocycles. The van der Waals surface area contributed by atoms with Gasteiger partial charge in [0.05, 0.1) is 31.4 Å². The van der Waals surface area contributed by atoms with Crippen LogP contribution in [0.5, 0.6) is 0 Å². The Balaban J connectivity index is 1.45. The quantitative estimate of drug-likeness (QED) is 0.538. The van der Waals surface area contributed by atoms with E-state index in [4.69, 9.17) is 14.7 Å². The normalized spacial score (nSPS) is 16.6. The van der Waals surface area contributed by atoms with E-state index >= 15 is 0 Å². The van der Waals surface area contributed by atoms with Crippen molar-refractivity contribution in [2.24, 2.45) is 0 Å². The highest BCUT2D eigenvalue weighted by atomic mass is 16.5. The Morgan fingerprint density at radius 1 is 1.03 bits per heavy atom. The lowest BCUT2D eigenvalue weighted by molar-refractivity contribution is -0.133. The monoisotopic (exact) mass is 470 g/mol. The molecule has 0 radical (unpaired) electrons. The SMILES string of the molecule is CCC(C(=O)N1CCc2nc(Cc3cccc(C)c3)nc(N3CCOCC3)c2C1)c1ccccc1. The second kappa shape index (κ2) is 10.6. The van der Waals surface area contributed by atoms with Crippen molar-refractivity contribution in [2.75, 3.05) is 37.7 Å². The average Bonchev–Trinajstić information content (AvgIpc) is 2.89. The molecule has 0 spiro atoms. The van der Waals surface area contributed by atoms with Crippen LogP contribution in [0.3, 0.4) is 0 Å². The lowest BCUT2D eigenvalue weighted by Crippen LogP contribution is -2.42. The zero-order valence-electron chi connectivity index (χ0n) is 20.7. The number of rotatable bonds is 6. The number of anilines is 1. The van der Waals surface area contributed by atoms with Crippen LogP contribution in [0.25, 0.3) is 0 Å². The summed E-state index contributed by atoms with van der Waals surface area (Å²) in [4.78, 5) is 28.0. The Morgan fingerprint density at radius 2 is 1.83 bits per heavy atom. The van der Waals surface area contributed by atoms with Gasteiger partial charge in [-0.25, -0.2) is 9.97 Å². The summed E-state index contributed by atoms with van der Waals surface area (Å²) in [6.45, 7) is 8.47. The Hall–Kier alpha value is -3.25. The molecule has 1 atom stereocenters. The molecule has 1 fully saturated rings. The summed E-state index contributed by atoms with van der Waals surface area (Å²) < 4.78 is 5.61. The van der Waals surface area contributed by atoms with Gasteiger partial charge in [0, 0.05) is 38.0 Å². The molecule has 35 heavy (non-hydrogen) atoms. The molecule has 1 saturated heterocycles. The third-order valence-electron chi connectivity index (χ3n) is 7.06. The van der Waals surface area contributed by atoms with Gasteiger partial charge in [-0.05, 0) is 24.5 Å². The first-order valence-electron chi connectivity index (χ1n) is 12.7. The zero-order chi connectivity index (χ0) is 24.2. The van der Waals surface area contributed by atoms with Crippen LogP contribution in [0.15, 0.2) is 54.6 Å². The maximum Gasteiger partial charge on any atom is 0.230 e. The number of aryl methyl sites for hydroxylation is 1. The van der Waals surface area contributed by atoms with Crippen LogP contribution in [0, 0.1) is 6.92 Å². The molecule has 2 aromatic carbocycles. The van der Waals surface area contributed by atoms with Crippen molar-refractivity contribution in [1.82, 2.24) is 14.9 Å². The summed E-state index contributed by atoms with van der Waals surface area (Å²) in [7, 11) is 0. The van der Waals surface area contributed by atoms with Gasteiger partial charge < -0.3 is 14.5 Å². The fourth-order valence-corrected chi connectivity index (χ4v) is 5.21. The van der Waals surface area contributed by atoms with Gasteiger partial charge in [-0.1, -0.05) is 67.1 Å². The molecule has 182 valence electrons. The molecule has 2 aliphatic rings. The highest BCUT2D eigenvalue weighted by Crippen LogP contribution is 2.31. The first kappa shape index (κ1) is 23.5. The fourth-order valence-electron chi connectivity index (χ4n) is 5.21. The number of amides is 1. The number of carbonyl (C=O) groups is 1. The fraction of sp³-hybridized carbons (Fsp3) is 0.414. The van der Waals surface area contributed by atoms with E-state index in [0.717, 1.165) is 54.4 Å². The van der Waals surface area contributed by atoms with E-state index in [-0.39, 0.29) is 11.8 Å². The van der Waals surface area contributed by atoms with E-state index in [1.807, 2.05) is 23.1 Å². The van der Waals surface area contributed by atoms with Crippen molar-refractivity contribution >= 4 is 11.7 Å². The average molecular weight is 471 g/mol. The first-order valence-corrected chi connectivity index (χ1v) is 12.7. The van der Waals surface area contributed by atoms with E-state index in [0.29, 0.717) is 32.7 Å². The van der Waals surface area contributed by atoms with E-state index < -0.39 is 0 Å². The summed E-state index contributed by atoms with van der Waals surface area (Å²) in [5, 5.41) is 0. The van der Waals surface area contributed by atoms with Crippen LogP contribution < -0.4 is 4.90 Å². The minimum atomic E-state index is -0.119. The summed E-state index contributed by atoms with van der Waals surface area (Å²) in [5.74, 6) is 1.91. The van der Waals surface area contributed by atoms with Crippen molar-refractivity contribution in [3.05, 3.63) is 88.4 Å². The topological polar surface area (TPSA) is 58.6 Å². The van der Waals surface area contributed by atoms with Gasteiger partial charge in [0.1, 0.15) is 11.6 Å². The van der Waals surface area contributed by atoms with Crippen LogP contribution in [-0.4, -0.2) is 53.6 Å². The van der Waals surface area contributed by atoms with Crippen LogP contribution in [0.2, 0.25) is 0 Å². The van der Waals surface area contributed by atoms with E-state index in [2.05, 4.69) is 55.1 Å². The molecule has 1 amide bonds. The van der Waals surface area contributed by atoms with Gasteiger partial charge in [-0.15, -0.1) is 0 Å². The van der Waals surface area contributed by atoms with Crippen molar-refractivity contribution in [1.29, 1.82) is 0 Å². The Kier molecular flexibility index (Phi) is 7.09. The second-order valence-corrected chi connectivity index (χ2v) is 9.54. The Morgan fingerprint density at radius 3 is 2.57 bits per heavy atom. The van der Waals surface area contributed by atoms with Gasteiger partial charge in [0.2, 0.25) is 5.91 Å². The van der Waals surface area contributed by atoms with Gasteiger partial charge in [0.15, 0.2) is 0 Å². The lowest BCUT2D eigenvalue weighted by atomic mass is 9.93. The molecule has 3 aromatic rings. The number of nitrogens with zero attached hydrogens (tertiary/aromatic N) is 4. The summed E-state index contributed by atoms with van der Waals surface area (Å²) in [6, 6.07) is 18.7. The molecule has 2 aliphatic heterocycles. The predicted octanol–water partition coefficient (Wildman–Crippen LogP) is 4.29. The van der Waals surface area contributed by atoms with Crippen molar-refractivity contribution in [3.63, 3.8) is 0 Å². The van der Waals surface area contributed by atoms with Gasteiger partial charge >= 0.3 is 0 Å². The van der Waals surface area contributed by atoms with E-state index in [9.17, 15) is 4.79 Å². The second-order valence-electron chi connectivity index (χ2n) is 9.54. The maximum atomic E-state index is 13.6. The molecular weight excluding hydrogens is 436 g/mol. The number of benzene rings is 2. The van der Waals surface area contributed by atoms with Crippen molar-refractivity contribution in [3.8, 4) is 0 Å². The predicted molar refractivity (Wildman–Crippen MR) is 138 cm³/mol. The molecule has 1 unspecified atom stereocenters. The number of ether oxygens (including phenoxy) is 1. The summed E-state index contributed by atoms with van der Waals surface area (Å²) >= 11 is 0. The van der Waals surface area contributed by atoms with E-state index in [1.165, 1.54) is 11.1 Å². The van der Waals surface area contributed by atoms with Gasteiger partial charge in [0.25, 0.3) is 0 Å². The number of fused-ring (bicyclic) bond motifs is 1. The third-order valence-corrected chi connectivity index (χ3v) is 7.06. The number of hydrogen-bond acceptors (Lipinski definition) is 5. The minimum absolute atomic E-state index is 0.119. The molecule has 5 rings (SSSR count). The number of carbonyl (C=O) groups excluding carboxylic acids is 1. The molecule has 0 bridgehead atoms. The smallest absolute Gasteiger partial charge is 0.230 e. The first-order chi connectivity index (χ1) is 17.1. The van der Waals surface area contributed by atoms with Gasteiger partial charge in [-0.3, -0.25) is 4.79 Å². The van der Waals surface area contributed by atoms with Crippen molar-refractivity contribution in [2.45, 2.75) is 45.6 Å². The van der Waals surface area contributed by atoms with Gasteiger partial charge in [-0.2, -0.15) is 0 Å². The molecule has 6 nitrogen and oxygen atoms in total. The molecule has 0 aliphatic carbocycles. The minimum Gasteiger partial charge on any atom is -0.378 e. The molecular formula is C29H34N4O2. The zero-order valence-corrected chi connectivity index (χ0v) is 20.7. The summed E-state index contributed by atoms with van der Waals surface area (Å²) in [5.41, 5.74) is 5.73. The molecule has 3 heterocycles. The van der Waals surface area contributed by atoms with Crippen LogP contribution in [0.1, 0.15) is 53.0 Å². The largest absolute Gasteiger partial charge is 0.378 e. The van der Waals surface area contributed by atoms with Crippen LogP contribution in [0.4, 0.5) is 5.82 Å². The van der Waals surface area contributed by atoms with Crippen LogP contribution >= 0.6 is 0 Å². The maximum absolute atomic E-state index is 13.6. The molecule has 6 heteroatoms. The number of aromatic nitrogens is 2. The van der Waals surface area contributed by atoms with Crippen molar-refractivity contribution < 1.29 is 9.53 Å². The standard InChI is InChI=1S/C29H34N4O2/c1-3-24(23-10-5-4-6-11-23)29(34)33-13-12-26-25(20-33)28(32-14-16-35-17-15-32)31-27(30-26)19-22-9-7-8-21(2)18-22/h4-11,18,24H,3,12-17,19-20H2,1-2H3. The van der Waals surface area contributed by atoms with E-state index in [1.54, 1.807) is 0 Å². The highest BCUT2D eigenvalue weighted by Gasteiger charge is 2.31. The summed E-state index contributed by atoms with van der Waals surface area (Å²) in [6.07, 6.45) is 2.25. The molecule has 0 saturated carbocycles. The van der Waals surface area contributed by atoms with Crippen LogP contribution in [-0.2, 0) is 28.9 Å². The highest BCUT2D eigenvalue weighted by molar-refractivity contribution is 5.84. The molecule has 0 N–H and O–H groups in total.